The van der Waals surface area contributed by atoms with Gasteiger partial charge in [-0.15, -0.1) is 0 Å². The highest BCUT2D eigenvalue weighted by Crippen LogP contribution is 2.13. The van der Waals surface area contributed by atoms with Gasteiger partial charge in [0.2, 0.25) is 0 Å². The molecule has 0 aliphatic heterocycles. The summed E-state index contributed by atoms with van der Waals surface area (Å²) in [7, 11) is -3.62. The van der Waals surface area contributed by atoms with Crippen LogP contribution < -0.4 is 5.73 Å². The van der Waals surface area contributed by atoms with Crippen LogP contribution in [-0.2, 0) is 10.0 Å². The fourth-order valence-electron chi connectivity index (χ4n) is 1.12. The van der Waals surface area contributed by atoms with Gasteiger partial charge in [0.05, 0.1) is 10.6 Å². The van der Waals surface area contributed by atoms with Gasteiger partial charge in [0.25, 0.3) is 10.0 Å². The van der Waals surface area contributed by atoms with Crippen molar-refractivity contribution in [3.05, 3.63) is 42.1 Å². The fourth-order valence-corrected chi connectivity index (χ4v) is 2.15. The Morgan fingerprint density at radius 1 is 1.31 bits per heavy atom. The highest BCUT2D eigenvalue weighted by Gasteiger charge is 2.11. The molecule has 0 spiro atoms. The summed E-state index contributed by atoms with van der Waals surface area (Å²) in [4.78, 5) is 0.183. The number of hydrogen-bond donors (Lipinski definition) is 1. The summed E-state index contributed by atoms with van der Waals surface area (Å²) < 4.78 is 27.2. The van der Waals surface area contributed by atoms with Crippen LogP contribution >= 0.6 is 0 Å². The summed E-state index contributed by atoms with van der Waals surface area (Å²) in [5, 5.41) is 0. The SMILES string of the molecule is CC(C=CN)=NS(=O)(=O)c1ccc(C)cc1. The van der Waals surface area contributed by atoms with Crippen molar-refractivity contribution in [2.75, 3.05) is 0 Å². The maximum atomic E-state index is 11.8. The van der Waals surface area contributed by atoms with Gasteiger partial charge in [-0.25, -0.2) is 0 Å². The lowest BCUT2D eigenvalue weighted by molar-refractivity contribution is 0.598. The van der Waals surface area contributed by atoms with Crippen molar-refractivity contribution in [3.63, 3.8) is 0 Å². The topological polar surface area (TPSA) is 72.5 Å². The zero-order valence-corrected chi connectivity index (χ0v) is 10.0. The van der Waals surface area contributed by atoms with Gasteiger partial charge in [0.1, 0.15) is 0 Å². The molecule has 0 bridgehead atoms. The minimum Gasteiger partial charge on any atom is -0.405 e. The zero-order chi connectivity index (χ0) is 12.2. The van der Waals surface area contributed by atoms with E-state index in [0.29, 0.717) is 5.71 Å². The molecule has 0 radical (unpaired) electrons. The van der Waals surface area contributed by atoms with Crippen molar-refractivity contribution in [1.29, 1.82) is 0 Å². The molecule has 16 heavy (non-hydrogen) atoms. The van der Waals surface area contributed by atoms with Crippen LogP contribution in [0.4, 0.5) is 0 Å². The second-order valence-corrected chi connectivity index (χ2v) is 4.98. The van der Waals surface area contributed by atoms with E-state index in [2.05, 4.69) is 4.40 Å². The van der Waals surface area contributed by atoms with E-state index in [1.54, 1.807) is 19.1 Å². The van der Waals surface area contributed by atoms with Crippen molar-refractivity contribution in [1.82, 2.24) is 0 Å². The number of allylic oxidation sites excluding steroid dienone is 1. The van der Waals surface area contributed by atoms with E-state index in [4.69, 9.17) is 5.73 Å². The lowest BCUT2D eigenvalue weighted by atomic mass is 10.2. The third kappa shape index (κ3) is 3.20. The minimum atomic E-state index is -3.62. The molecule has 86 valence electrons. The Hall–Kier alpha value is -1.62. The molecule has 0 heterocycles. The van der Waals surface area contributed by atoms with Gasteiger partial charge in [0, 0.05) is 0 Å². The summed E-state index contributed by atoms with van der Waals surface area (Å²) >= 11 is 0. The van der Waals surface area contributed by atoms with Gasteiger partial charge in [-0.1, -0.05) is 17.7 Å². The van der Waals surface area contributed by atoms with Crippen LogP contribution in [0.15, 0.2) is 45.8 Å². The van der Waals surface area contributed by atoms with Crippen LogP contribution in [-0.4, -0.2) is 14.1 Å². The Morgan fingerprint density at radius 3 is 2.38 bits per heavy atom. The Morgan fingerprint density at radius 2 is 1.88 bits per heavy atom. The van der Waals surface area contributed by atoms with E-state index in [0.717, 1.165) is 5.56 Å². The van der Waals surface area contributed by atoms with Gasteiger partial charge >= 0.3 is 0 Å². The maximum Gasteiger partial charge on any atom is 0.282 e. The predicted molar refractivity (Wildman–Crippen MR) is 64.8 cm³/mol. The van der Waals surface area contributed by atoms with Crippen LogP contribution in [0.25, 0.3) is 0 Å². The molecule has 0 fully saturated rings. The molecule has 0 saturated carbocycles. The van der Waals surface area contributed by atoms with Gasteiger partial charge in [0.15, 0.2) is 0 Å². The molecule has 0 amide bonds. The Balaban J connectivity index is 3.13. The Bertz CT molecular complexity index is 513. The second kappa shape index (κ2) is 4.94. The molecule has 2 N–H and O–H groups in total. The highest BCUT2D eigenvalue weighted by atomic mass is 32.2. The number of nitrogens with two attached hydrogens (primary N) is 1. The molecule has 0 atom stereocenters. The molecule has 0 unspecified atom stereocenters. The number of benzene rings is 1. The van der Waals surface area contributed by atoms with Gasteiger partial charge < -0.3 is 5.73 Å². The highest BCUT2D eigenvalue weighted by molar-refractivity contribution is 7.90. The molecular formula is C11H14N2O2S. The summed E-state index contributed by atoms with van der Waals surface area (Å²) in [6.45, 7) is 3.47. The summed E-state index contributed by atoms with van der Waals surface area (Å²) in [5.74, 6) is 0. The molecule has 0 saturated heterocycles. The average molecular weight is 238 g/mol. The van der Waals surface area contributed by atoms with Crippen molar-refractivity contribution < 1.29 is 8.42 Å². The third-order valence-corrected chi connectivity index (χ3v) is 3.32. The van der Waals surface area contributed by atoms with Crippen LogP contribution in [0.1, 0.15) is 12.5 Å². The summed E-state index contributed by atoms with van der Waals surface area (Å²) in [6.07, 6.45) is 2.69. The van der Waals surface area contributed by atoms with Crippen LogP contribution in [0.3, 0.4) is 0 Å². The molecule has 0 aliphatic rings. The van der Waals surface area contributed by atoms with Crippen molar-refractivity contribution >= 4 is 15.7 Å². The normalized spacial score (nSPS) is 13.2. The van der Waals surface area contributed by atoms with Gasteiger partial charge in [-0.2, -0.15) is 12.8 Å². The number of sulfonamides is 1. The van der Waals surface area contributed by atoms with E-state index >= 15 is 0 Å². The molecule has 0 aliphatic carbocycles. The van der Waals surface area contributed by atoms with E-state index < -0.39 is 10.0 Å². The van der Waals surface area contributed by atoms with Gasteiger partial charge in [-0.3, -0.25) is 0 Å². The lowest BCUT2D eigenvalue weighted by Gasteiger charge is -2.00. The van der Waals surface area contributed by atoms with Crippen LogP contribution in [0, 0.1) is 6.92 Å². The number of nitrogens with zero attached hydrogens (tertiary/aromatic N) is 1. The Kier molecular flexibility index (Phi) is 3.84. The average Bonchev–Trinajstić information content (AvgIpc) is 2.17. The Labute approximate surface area is 95.6 Å². The van der Waals surface area contributed by atoms with Crippen molar-refractivity contribution in [3.8, 4) is 0 Å². The quantitative estimate of drug-likeness (QED) is 0.813. The zero-order valence-electron chi connectivity index (χ0n) is 9.21. The first kappa shape index (κ1) is 12.4. The standard InChI is InChI=1S/C11H14N2O2S/c1-9-3-5-11(6-4-9)16(14,15)13-10(2)7-8-12/h3-8H,12H2,1-2H3. The van der Waals surface area contributed by atoms with E-state index in [1.807, 2.05) is 6.92 Å². The maximum absolute atomic E-state index is 11.8. The van der Waals surface area contributed by atoms with Crippen LogP contribution in [0.2, 0.25) is 0 Å². The first-order chi connectivity index (χ1) is 7.45. The van der Waals surface area contributed by atoms with E-state index in [9.17, 15) is 8.42 Å². The minimum absolute atomic E-state index is 0.183. The lowest BCUT2D eigenvalue weighted by Crippen LogP contribution is -2.00. The summed E-state index contributed by atoms with van der Waals surface area (Å²) in [5.41, 5.74) is 6.50. The number of hydrogen-bond acceptors (Lipinski definition) is 3. The molecule has 1 rings (SSSR count). The van der Waals surface area contributed by atoms with Crippen LogP contribution in [0.5, 0.6) is 0 Å². The fraction of sp³-hybridized carbons (Fsp3) is 0.182. The molecule has 5 heteroatoms. The van der Waals surface area contributed by atoms with Crippen molar-refractivity contribution in [2.24, 2.45) is 10.1 Å². The second-order valence-electron chi connectivity index (χ2n) is 3.38. The van der Waals surface area contributed by atoms with Gasteiger partial charge in [-0.05, 0) is 38.3 Å². The molecule has 0 aromatic heterocycles. The molecular weight excluding hydrogens is 224 g/mol. The molecule has 1 aromatic rings. The first-order valence-electron chi connectivity index (χ1n) is 4.72. The number of aryl methyl sites for hydroxylation is 1. The van der Waals surface area contributed by atoms with E-state index in [-0.39, 0.29) is 4.90 Å². The molecule has 1 aromatic carbocycles. The summed E-state index contributed by atoms with van der Waals surface area (Å²) in [6, 6.07) is 6.54. The predicted octanol–water partition coefficient (Wildman–Crippen LogP) is 1.62. The monoisotopic (exact) mass is 238 g/mol. The largest absolute Gasteiger partial charge is 0.405 e. The first-order valence-corrected chi connectivity index (χ1v) is 6.16. The van der Waals surface area contributed by atoms with E-state index in [1.165, 1.54) is 24.4 Å². The molecule has 4 nitrogen and oxygen atoms in total. The third-order valence-electron chi connectivity index (χ3n) is 1.92. The number of rotatable bonds is 3. The van der Waals surface area contributed by atoms with Crippen molar-refractivity contribution in [2.45, 2.75) is 18.7 Å². The smallest absolute Gasteiger partial charge is 0.282 e.